The summed E-state index contributed by atoms with van der Waals surface area (Å²) in [6.07, 6.45) is 1.02. The Kier molecular flexibility index (Phi) is 4.15. The van der Waals surface area contributed by atoms with Gasteiger partial charge in [-0.05, 0) is 37.7 Å². The van der Waals surface area contributed by atoms with Crippen LogP contribution < -0.4 is 14.8 Å². The van der Waals surface area contributed by atoms with Crippen molar-refractivity contribution in [2.75, 3.05) is 40.0 Å². The summed E-state index contributed by atoms with van der Waals surface area (Å²) < 4.78 is 10.6. The second-order valence-electron chi connectivity index (χ2n) is 5.49. The van der Waals surface area contributed by atoms with Crippen LogP contribution in [-0.2, 0) is 6.54 Å². The van der Waals surface area contributed by atoms with Gasteiger partial charge in [0.25, 0.3) is 0 Å². The smallest absolute Gasteiger partial charge is 0.317 e. The first kappa shape index (κ1) is 14.0. The van der Waals surface area contributed by atoms with Crippen molar-refractivity contribution < 1.29 is 14.3 Å². The van der Waals surface area contributed by atoms with E-state index in [0.29, 0.717) is 6.54 Å². The molecule has 0 saturated carbocycles. The number of hydrogen-bond donors (Lipinski definition) is 1. The third-order valence-electron chi connectivity index (χ3n) is 3.89. The van der Waals surface area contributed by atoms with Crippen LogP contribution in [0.25, 0.3) is 0 Å². The number of urea groups is 1. The Morgan fingerprint density at radius 3 is 2.95 bits per heavy atom. The van der Waals surface area contributed by atoms with Crippen LogP contribution in [0, 0.1) is 0 Å². The zero-order chi connectivity index (χ0) is 14.7. The highest BCUT2D eigenvalue weighted by Crippen LogP contribution is 2.32. The molecule has 0 aromatic heterocycles. The number of rotatable bonds is 2. The largest absolute Gasteiger partial charge is 0.454 e. The molecule has 6 nitrogen and oxygen atoms in total. The second-order valence-corrected chi connectivity index (χ2v) is 5.49. The zero-order valence-electron chi connectivity index (χ0n) is 12.3. The third-order valence-corrected chi connectivity index (χ3v) is 3.89. The summed E-state index contributed by atoms with van der Waals surface area (Å²) in [4.78, 5) is 16.3. The molecule has 1 saturated heterocycles. The lowest BCUT2D eigenvalue weighted by Crippen LogP contribution is -2.41. The van der Waals surface area contributed by atoms with Crippen molar-refractivity contribution in [2.24, 2.45) is 0 Å². The van der Waals surface area contributed by atoms with Crippen LogP contribution in [0.3, 0.4) is 0 Å². The van der Waals surface area contributed by atoms with Gasteiger partial charge in [0.05, 0.1) is 0 Å². The monoisotopic (exact) mass is 291 g/mol. The van der Waals surface area contributed by atoms with Crippen molar-refractivity contribution in [1.82, 2.24) is 15.1 Å². The van der Waals surface area contributed by atoms with Gasteiger partial charge in [-0.25, -0.2) is 4.79 Å². The molecular formula is C15H21N3O3. The summed E-state index contributed by atoms with van der Waals surface area (Å²) in [7, 11) is 2.09. The number of amides is 2. The van der Waals surface area contributed by atoms with Gasteiger partial charge >= 0.3 is 6.03 Å². The molecule has 0 aliphatic carbocycles. The highest BCUT2D eigenvalue weighted by atomic mass is 16.7. The topological polar surface area (TPSA) is 54.0 Å². The Bertz CT molecular complexity index is 521. The van der Waals surface area contributed by atoms with Crippen LogP contribution >= 0.6 is 0 Å². The highest BCUT2D eigenvalue weighted by molar-refractivity contribution is 5.74. The van der Waals surface area contributed by atoms with E-state index in [1.807, 2.05) is 23.1 Å². The minimum Gasteiger partial charge on any atom is -0.454 e. The summed E-state index contributed by atoms with van der Waals surface area (Å²) in [6.45, 7) is 4.35. The number of carbonyl (C=O) groups is 1. The molecule has 0 unspecified atom stereocenters. The highest BCUT2D eigenvalue weighted by Gasteiger charge is 2.18. The van der Waals surface area contributed by atoms with E-state index in [4.69, 9.17) is 9.47 Å². The third kappa shape index (κ3) is 3.39. The van der Waals surface area contributed by atoms with E-state index in [9.17, 15) is 4.79 Å². The average Bonchev–Trinajstić information content (AvgIpc) is 2.85. The van der Waals surface area contributed by atoms with Crippen molar-refractivity contribution >= 4 is 6.03 Å². The van der Waals surface area contributed by atoms with Gasteiger partial charge < -0.3 is 24.6 Å². The fraction of sp³-hybridized carbons (Fsp3) is 0.533. The Balaban J connectivity index is 1.53. The molecule has 1 N–H and O–H groups in total. The summed E-state index contributed by atoms with van der Waals surface area (Å²) in [5, 5.41) is 2.97. The molecular weight excluding hydrogens is 270 g/mol. The fourth-order valence-corrected chi connectivity index (χ4v) is 2.59. The van der Waals surface area contributed by atoms with E-state index in [2.05, 4.69) is 17.3 Å². The maximum atomic E-state index is 12.2. The normalized spacial score (nSPS) is 18.4. The number of ether oxygens (including phenoxy) is 2. The molecule has 2 aliphatic heterocycles. The van der Waals surface area contributed by atoms with E-state index in [-0.39, 0.29) is 12.8 Å². The van der Waals surface area contributed by atoms with Crippen LogP contribution in [0.1, 0.15) is 12.0 Å². The average molecular weight is 291 g/mol. The fourth-order valence-electron chi connectivity index (χ4n) is 2.59. The molecule has 0 bridgehead atoms. The Morgan fingerprint density at radius 1 is 1.19 bits per heavy atom. The minimum atomic E-state index is 0.00275. The van der Waals surface area contributed by atoms with Gasteiger partial charge in [-0.3, -0.25) is 0 Å². The lowest BCUT2D eigenvalue weighted by molar-refractivity contribution is 0.174. The van der Waals surface area contributed by atoms with Gasteiger partial charge in [-0.1, -0.05) is 6.07 Å². The first-order chi connectivity index (χ1) is 10.2. The van der Waals surface area contributed by atoms with Crippen LogP contribution in [0.15, 0.2) is 18.2 Å². The second kappa shape index (κ2) is 6.22. The quantitative estimate of drug-likeness (QED) is 0.891. The Labute approximate surface area is 124 Å². The SMILES string of the molecule is CN1CCCN(C(=O)NCc2ccc3c(c2)OCO3)CC1. The van der Waals surface area contributed by atoms with Crippen molar-refractivity contribution in [3.8, 4) is 11.5 Å². The molecule has 0 atom stereocenters. The molecule has 0 radical (unpaired) electrons. The van der Waals surface area contributed by atoms with Crippen LogP contribution in [-0.4, -0.2) is 55.9 Å². The number of nitrogens with one attached hydrogen (secondary N) is 1. The molecule has 3 rings (SSSR count). The maximum Gasteiger partial charge on any atom is 0.317 e. The number of carbonyl (C=O) groups excluding carboxylic acids is 1. The predicted octanol–water partition coefficient (Wildman–Crippen LogP) is 1.26. The lowest BCUT2D eigenvalue weighted by Gasteiger charge is -2.21. The van der Waals surface area contributed by atoms with E-state index in [1.165, 1.54) is 0 Å². The molecule has 0 spiro atoms. The van der Waals surface area contributed by atoms with Gasteiger partial charge in [0, 0.05) is 26.2 Å². The van der Waals surface area contributed by atoms with Crippen molar-refractivity contribution in [2.45, 2.75) is 13.0 Å². The van der Waals surface area contributed by atoms with Gasteiger partial charge in [-0.2, -0.15) is 0 Å². The van der Waals surface area contributed by atoms with Crippen LogP contribution in [0.2, 0.25) is 0 Å². The summed E-state index contributed by atoms with van der Waals surface area (Å²) in [5.74, 6) is 1.51. The predicted molar refractivity (Wildman–Crippen MR) is 78.5 cm³/mol. The van der Waals surface area contributed by atoms with Gasteiger partial charge in [-0.15, -0.1) is 0 Å². The van der Waals surface area contributed by atoms with Crippen molar-refractivity contribution in [3.05, 3.63) is 23.8 Å². The van der Waals surface area contributed by atoms with E-state index < -0.39 is 0 Å². The van der Waals surface area contributed by atoms with E-state index >= 15 is 0 Å². The number of benzene rings is 1. The Morgan fingerprint density at radius 2 is 2.05 bits per heavy atom. The molecule has 6 heteroatoms. The first-order valence-electron chi connectivity index (χ1n) is 7.32. The number of fused-ring (bicyclic) bond motifs is 1. The molecule has 21 heavy (non-hydrogen) atoms. The molecule has 1 aromatic rings. The van der Waals surface area contributed by atoms with Gasteiger partial charge in [0.2, 0.25) is 6.79 Å². The maximum absolute atomic E-state index is 12.2. The Hall–Kier alpha value is -1.95. The van der Waals surface area contributed by atoms with Crippen molar-refractivity contribution in [3.63, 3.8) is 0 Å². The zero-order valence-corrected chi connectivity index (χ0v) is 12.3. The number of likely N-dealkylation sites (N-methyl/N-ethyl adjacent to an activating group) is 1. The molecule has 2 amide bonds. The van der Waals surface area contributed by atoms with Crippen molar-refractivity contribution in [1.29, 1.82) is 0 Å². The van der Waals surface area contributed by atoms with E-state index in [1.54, 1.807) is 0 Å². The van der Waals surface area contributed by atoms with Gasteiger partial charge in [0.1, 0.15) is 0 Å². The molecule has 2 heterocycles. The minimum absolute atomic E-state index is 0.00275. The van der Waals surface area contributed by atoms with Crippen LogP contribution in [0.5, 0.6) is 11.5 Å². The van der Waals surface area contributed by atoms with Gasteiger partial charge in [0.15, 0.2) is 11.5 Å². The number of nitrogens with zero attached hydrogens (tertiary/aromatic N) is 2. The molecule has 1 fully saturated rings. The standard InChI is InChI=1S/C15H21N3O3/c1-17-5-2-6-18(8-7-17)15(19)16-10-12-3-4-13-14(9-12)21-11-20-13/h3-4,9H,2,5-8,10-11H2,1H3,(H,16,19). The molecule has 1 aromatic carbocycles. The summed E-state index contributed by atoms with van der Waals surface area (Å²) >= 11 is 0. The van der Waals surface area contributed by atoms with Crippen LogP contribution in [0.4, 0.5) is 4.79 Å². The summed E-state index contributed by atoms with van der Waals surface area (Å²) in [6, 6.07) is 5.75. The van der Waals surface area contributed by atoms with E-state index in [0.717, 1.165) is 49.7 Å². The molecule has 2 aliphatic rings. The summed E-state index contributed by atoms with van der Waals surface area (Å²) in [5.41, 5.74) is 1.01. The lowest BCUT2D eigenvalue weighted by atomic mass is 10.2. The first-order valence-corrected chi connectivity index (χ1v) is 7.32. The molecule has 114 valence electrons. The number of hydrogen-bond acceptors (Lipinski definition) is 4.